The van der Waals surface area contributed by atoms with Gasteiger partial charge in [0, 0.05) is 12.1 Å². The van der Waals surface area contributed by atoms with Crippen molar-refractivity contribution in [3.05, 3.63) is 29.8 Å². The highest BCUT2D eigenvalue weighted by atomic mass is 32.2. The van der Waals surface area contributed by atoms with Gasteiger partial charge in [0.1, 0.15) is 11.9 Å². The van der Waals surface area contributed by atoms with Crippen molar-refractivity contribution in [1.29, 1.82) is 0 Å². The topological polar surface area (TPSA) is 114 Å². The lowest BCUT2D eigenvalue weighted by Crippen LogP contribution is -2.34. The molecule has 8 heteroatoms. The maximum Gasteiger partial charge on any atom is 0.263 e. The van der Waals surface area contributed by atoms with Crippen LogP contribution in [0.15, 0.2) is 34.2 Å². The molecule has 1 aromatic carbocycles. The van der Waals surface area contributed by atoms with Gasteiger partial charge in [0.05, 0.1) is 4.90 Å². The van der Waals surface area contributed by atoms with Gasteiger partial charge >= 0.3 is 0 Å². The van der Waals surface area contributed by atoms with E-state index in [2.05, 4.69) is 15.0 Å². The van der Waals surface area contributed by atoms with Crippen LogP contribution in [0.1, 0.15) is 25.3 Å². The lowest BCUT2D eigenvalue weighted by Gasteiger charge is -2.09. The Morgan fingerprint density at radius 2 is 2.09 bits per heavy atom. The van der Waals surface area contributed by atoms with Crippen LogP contribution in [-0.4, -0.2) is 39.3 Å². The van der Waals surface area contributed by atoms with Crippen LogP contribution in [0.4, 0.5) is 0 Å². The van der Waals surface area contributed by atoms with E-state index < -0.39 is 16.1 Å². The van der Waals surface area contributed by atoms with Crippen LogP contribution in [0.3, 0.4) is 0 Å². The molecule has 22 heavy (non-hydrogen) atoms. The molecule has 0 radical (unpaired) electrons. The summed E-state index contributed by atoms with van der Waals surface area (Å²) in [7, 11) is -3.58. The number of aliphatic imine (C=N–C) groups is 1. The van der Waals surface area contributed by atoms with Crippen LogP contribution in [0.2, 0.25) is 0 Å². The van der Waals surface area contributed by atoms with Gasteiger partial charge in [-0.15, -0.1) is 0 Å². The molecule has 1 amide bonds. The van der Waals surface area contributed by atoms with Gasteiger partial charge in [0.2, 0.25) is 5.91 Å². The molecule has 4 N–H and O–H groups in total. The smallest absolute Gasteiger partial charge is 0.263 e. The average molecular weight is 324 g/mol. The SMILES string of the molecule is CC(N=C1NS(=O)(=O)c2ccccc21)C(=O)NCCCCN. The highest BCUT2D eigenvalue weighted by Gasteiger charge is 2.31. The molecular formula is C14H20N4O3S. The maximum atomic E-state index is 12.0. The van der Waals surface area contributed by atoms with E-state index in [0.717, 1.165) is 12.8 Å². The van der Waals surface area contributed by atoms with Gasteiger partial charge in [-0.3, -0.25) is 14.5 Å². The van der Waals surface area contributed by atoms with Crippen LogP contribution >= 0.6 is 0 Å². The number of hydrogen-bond donors (Lipinski definition) is 3. The molecule has 1 atom stereocenters. The second-order valence-corrected chi connectivity index (χ2v) is 6.69. The van der Waals surface area contributed by atoms with E-state index in [1.807, 2.05) is 0 Å². The van der Waals surface area contributed by atoms with Crippen molar-refractivity contribution in [2.75, 3.05) is 13.1 Å². The van der Waals surface area contributed by atoms with E-state index >= 15 is 0 Å². The summed E-state index contributed by atoms with van der Waals surface area (Å²) in [5.41, 5.74) is 5.88. The van der Waals surface area contributed by atoms with Crippen molar-refractivity contribution >= 4 is 21.8 Å². The monoisotopic (exact) mass is 324 g/mol. The van der Waals surface area contributed by atoms with E-state index in [9.17, 15) is 13.2 Å². The summed E-state index contributed by atoms with van der Waals surface area (Å²) in [6, 6.07) is 5.87. The molecule has 1 aromatic rings. The molecule has 1 aliphatic rings. The Kier molecular flexibility index (Phi) is 5.15. The van der Waals surface area contributed by atoms with Crippen LogP contribution in [-0.2, 0) is 14.8 Å². The molecule has 1 unspecified atom stereocenters. The number of fused-ring (bicyclic) bond motifs is 1. The number of nitrogens with two attached hydrogens (primary N) is 1. The third-order valence-electron chi connectivity index (χ3n) is 3.30. The Labute approximate surface area is 130 Å². The minimum absolute atomic E-state index is 0.185. The van der Waals surface area contributed by atoms with Crippen molar-refractivity contribution in [3.8, 4) is 0 Å². The molecule has 1 heterocycles. The van der Waals surface area contributed by atoms with E-state index in [0.29, 0.717) is 18.7 Å². The number of unbranched alkanes of at least 4 members (excludes halogenated alkanes) is 1. The number of benzene rings is 1. The first kappa shape index (κ1) is 16.4. The standard InChI is InChI=1S/C14H20N4O3S/c1-10(14(19)16-9-5-4-8-15)17-13-11-6-2-3-7-12(11)22(20,21)18-13/h2-3,6-7,10H,4-5,8-9,15H2,1H3,(H,16,19)(H,17,18). The fraction of sp³-hybridized carbons (Fsp3) is 0.429. The van der Waals surface area contributed by atoms with Crippen LogP contribution < -0.4 is 15.8 Å². The highest BCUT2D eigenvalue weighted by molar-refractivity contribution is 7.90. The number of hydrogen-bond acceptors (Lipinski definition) is 5. The summed E-state index contributed by atoms with van der Waals surface area (Å²) in [5.74, 6) is -0.0340. The Hall–Kier alpha value is -1.93. The number of nitrogens with one attached hydrogen (secondary N) is 2. The number of carbonyl (C=O) groups is 1. The normalized spacial score (nSPS) is 18.5. The number of sulfonamides is 1. The average Bonchev–Trinajstić information content (AvgIpc) is 2.75. The number of nitrogens with zero attached hydrogens (tertiary/aromatic N) is 1. The minimum atomic E-state index is -3.58. The summed E-state index contributed by atoms with van der Waals surface area (Å²) in [6.45, 7) is 2.75. The molecule has 0 saturated carbocycles. The quantitative estimate of drug-likeness (QED) is 0.637. The molecular weight excluding hydrogens is 304 g/mol. The van der Waals surface area contributed by atoms with Gasteiger partial charge in [-0.05, 0) is 38.4 Å². The number of amidine groups is 1. The molecule has 0 saturated heterocycles. The lowest BCUT2D eigenvalue weighted by atomic mass is 10.2. The number of amides is 1. The summed E-state index contributed by atoms with van der Waals surface area (Å²) in [6.07, 6.45) is 1.65. The van der Waals surface area contributed by atoms with Crippen molar-refractivity contribution < 1.29 is 13.2 Å². The number of rotatable bonds is 6. The fourth-order valence-corrected chi connectivity index (χ4v) is 3.35. The van der Waals surface area contributed by atoms with E-state index in [1.54, 1.807) is 25.1 Å². The van der Waals surface area contributed by atoms with E-state index in [1.165, 1.54) is 6.07 Å². The molecule has 2 rings (SSSR count). The van der Waals surface area contributed by atoms with Crippen molar-refractivity contribution in [1.82, 2.24) is 10.0 Å². The number of carbonyl (C=O) groups excluding carboxylic acids is 1. The predicted octanol–water partition coefficient (Wildman–Crippen LogP) is -0.0313. The molecule has 0 fully saturated rings. The largest absolute Gasteiger partial charge is 0.354 e. The molecule has 0 bridgehead atoms. The Morgan fingerprint density at radius 1 is 1.36 bits per heavy atom. The van der Waals surface area contributed by atoms with Crippen molar-refractivity contribution in [3.63, 3.8) is 0 Å². The second kappa shape index (κ2) is 6.89. The summed E-state index contributed by atoms with van der Waals surface area (Å²) in [4.78, 5) is 16.3. The molecule has 0 spiro atoms. The van der Waals surface area contributed by atoms with Crippen LogP contribution in [0.25, 0.3) is 0 Å². The first-order chi connectivity index (χ1) is 10.5. The third kappa shape index (κ3) is 3.63. The maximum absolute atomic E-state index is 12.0. The van der Waals surface area contributed by atoms with Gasteiger partial charge in [-0.25, -0.2) is 8.42 Å². The molecule has 1 aliphatic heterocycles. The zero-order valence-electron chi connectivity index (χ0n) is 12.4. The fourth-order valence-electron chi connectivity index (χ4n) is 2.11. The van der Waals surface area contributed by atoms with E-state index in [4.69, 9.17) is 5.73 Å². The zero-order valence-corrected chi connectivity index (χ0v) is 13.2. The van der Waals surface area contributed by atoms with Crippen LogP contribution in [0.5, 0.6) is 0 Å². The molecule has 120 valence electrons. The zero-order chi connectivity index (χ0) is 16.2. The molecule has 0 aromatic heterocycles. The third-order valence-corrected chi connectivity index (χ3v) is 4.69. The lowest BCUT2D eigenvalue weighted by molar-refractivity contribution is -0.121. The first-order valence-electron chi connectivity index (χ1n) is 7.13. The van der Waals surface area contributed by atoms with E-state index in [-0.39, 0.29) is 16.6 Å². The van der Waals surface area contributed by atoms with Crippen LogP contribution in [0, 0.1) is 0 Å². The molecule has 0 aliphatic carbocycles. The van der Waals surface area contributed by atoms with Crippen molar-refractivity contribution in [2.45, 2.75) is 30.7 Å². The molecule has 7 nitrogen and oxygen atoms in total. The Bertz CT molecular complexity index is 685. The predicted molar refractivity (Wildman–Crippen MR) is 84.1 cm³/mol. The summed E-state index contributed by atoms with van der Waals surface area (Å²) >= 11 is 0. The van der Waals surface area contributed by atoms with Gasteiger partial charge in [-0.1, -0.05) is 12.1 Å². The first-order valence-corrected chi connectivity index (χ1v) is 8.62. The van der Waals surface area contributed by atoms with Gasteiger partial charge in [0.25, 0.3) is 10.0 Å². The highest BCUT2D eigenvalue weighted by Crippen LogP contribution is 2.22. The van der Waals surface area contributed by atoms with Gasteiger partial charge in [0.15, 0.2) is 0 Å². The Morgan fingerprint density at radius 3 is 2.82 bits per heavy atom. The summed E-state index contributed by atoms with van der Waals surface area (Å²) in [5, 5.41) is 2.76. The van der Waals surface area contributed by atoms with Gasteiger partial charge < -0.3 is 11.1 Å². The Balaban J connectivity index is 2.09. The second-order valence-electron chi connectivity index (χ2n) is 5.04. The minimum Gasteiger partial charge on any atom is -0.354 e. The van der Waals surface area contributed by atoms with Crippen molar-refractivity contribution in [2.24, 2.45) is 10.7 Å². The summed E-state index contributed by atoms with van der Waals surface area (Å²) < 4.78 is 26.3. The van der Waals surface area contributed by atoms with Gasteiger partial charge in [-0.2, -0.15) is 0 Å².